The van der Waals surface area contributed by atoms with Gasteiger partial charge in [-0.3, -0.25) is 9.69 Å². The number of para-hydroxylation sites is 1. The van der Waals surface area contributed by atoms with Crippen molar-refractivity contribution in [3.8, 4) is 5.75 Å². The molecule has 0 heterocycles. The first-order valence-electron chi connectivity index (χ1n) is 11.1. The maximum absolute atomic E-state index is 14.2. The zero-order valence-corrected chi connectivity index (χ0v) is 20.5. The second-order valence-electron chi connectivity index (χ2n) is 8.33. The van der Waals surface area contributed by atoms with Gasteiger partial charge >= 0.3 is 12.3 Å². The van der Waals surface area contributed by atoms with Crippen LogP contribution in [0.3, 0.4) is 0 Å². The van der Waals surface area contributed by atoms with Gasteiger partial charge in [-0.25, -0.2) is 13.6 Å². The number of rotatable bonds is 11. The number of hydrogen-bond acceptors (Lipinski definition) is 5. The fraction of sp³-hybridized carbons (Fsp3) is 0.400. The van der Waals surface area contributed by atoms with Crippen LogP contribution in [0.2, 0.25) is 0 Å². The lowest BCUT2D eigenvalue weighted by Crippen LogP contribution is -2.54. The second-order valence-corrected chi connectivity index (χ2v) is 8.33. The third-order valence-electron chi connectivity index (χ3n) is 5.87. The number of halogens is 5. The second kappa shape index (κ2) is 12.5. The largest absolute Gasteiger partial charge is 0.496 e. The third-order valence-corrected chi connectivity index (χ3v) is 5.87. The van der Waals surface area contributed by atoms with Gasteiger partial charge in [0.2, 0.25) is 5.91 Å². The molecule has 2 rings (SSSR count). The van der Waals surface area contributed by atoms with Gasteiger partial charge in [0.25, 0.3) is 0 Å². The Morgan fingerprint density at radius 1 is 1.03 bits per heavy atom. The van der Waals surface area contributed by atoms with E-state index in [4.69, 9.17) is 9.47 Å². The lowest BCUT2D eigenvalue weighted by Gasteiger charge is -2.44. The molecule has 0 radical (unpaired) electrons. The van der Waals surface area contributed by atoms with Crippen molar-refractivity contribution >= 4 is 18.3 Å². The van der Waals surface area contributed by atoms with Crippen LogP contribution in [0.1, 0.15) is 30.4 Å². The van der Waals surface area contributed by atoms with Crippen LogP contribution in [-0.4, -0.2) is 62.0 Å². The molecule has 0 aliphatic rings. The summed E-state index contributed by atoms with van der Waals surface area (Å²) in [5, 5.41) is 0. The Morgan fingerprint density at radius 3 is 2.30 bits per heavy atom. The summed E-state index contributed by atoms with van der Waals surface area (Å²) in [4.78, 5) is 38.4. The molecule has 0 spiro atoms. The third kappa shape index (κ3) is 7.64. The van der Waals surface area contributed by atoms with Gasteiger partial charge in [0, 0.05) is 32.6 Å². The predicted molar refractivity (Wildman–Crippen MR) is 123 cm³/mol. The highest BCUT2D eigenvalue weighted by Gasteiger charge is 2.43. The van der Waals surface area contributed by atoms with E-state index in [1.807, 2.05) is 0 Å². The van der Waals surface area contributed by atoms with Gasteiger partial charge in [0.15, 0.2) is 11.6 Å². The minimum atomic E-state index is -4.79. The molecule has 0 N–H and O–H groups in total. The van der Waals surface area contributed by atoms with Crippen LogP contribution in [0, 0.1) is 11.6 Å². The molecule has 0 aliphatic heterocycles. The minimum Gasteiger partial charge on any atom is -0.496 e. The highest BCUT2D eigenvalue weighted by atomic mass is 19.4. The van der Waals surface area contributed by atoms with Gasteiger partial charge in [-0.2, -0.15) is 13.2 Å². The van der Waals surface area contributed by atoms with Gasteiger partial charge in [-0.05, 0) is 30.2 Å². The number of nitrogens with zero attached hydrogens (tertiary/aromatic N) is 2. The molecule has 7 nitrogen and oxygen atoms in total. The number of hydrogen-bond donors (Lipinski definition) is 0. The fourth-order valence-electron chi connectivity index (χ4n) is 3.89. The number of carbonyl (C=O) groups is 3. The van der Waals surface area contributed by atoms with E-state index in [-0.39, 0.29) is 25.0 Å². The van der Waals surface area contributed by atoms with Gasteiger partial charge in [-0.1, -0.05) is 24.3 Å². The van der Waals surface area contributed by atoms with Crippen LogP contribution in [-0.2, 0) is 26.5 Å². The Morgan fingerprint density at radius 2 is 1.70 bits per heavy atom. The SMILES string of the molecule is COc1ccccc1COC(=O)N(C)[C@](CCC=O)(CN(C)C(=O)CC(F)(F)F)c1ccc(F)c(F)c1. The Balaban J connectivity index is 2.49. The molecule has 2 aromatic rings. The molecule has 37 heavy (non-hydrogen) atoms. The number of benzene rings is 2. The van der Waals surface area contributed by atoms with Crippen LogP contribution < -0.4 is 4.74 Å². The molecule has 1 atom stereocenters. The Hall–Kier alpha value is -3.70. The molecule has 0 aliphatic carbocycles. The quantitative estimate of drug-likeness (QED) is 0.308. The van der Waals surface area contributed by atoms with Crippen molar-refractivity contribution in [3.63, 3.8) is 0 Å². The topological polar surface area (TPSA) is 76.2 Å². The van der Waals surface area contributed by atoms with Crippen molar-refractivity contribution in [2.24, 2.45) is 0 Å². The molecule has 0 bridgehead atoms. The molecular weight excluding hydrogens is 503 g/mol. The first-order valence-corrected chi connectivity index (χ1v) is 11.1. The fourth-order valence-corrected chi connectivity index (χ4v) is 3.89. The van der Waals surface area contributed by atoms with E-state index >= 15 is 0 Å². The van der Waals surface area contributed by atoms with Crippen molar-refractivity contribution in [2.45, 2.75) is 37.6 Å². The molecular formula is C25H27F5N2O5. The van der Waals surface area contributed by atoms with Crippen molar-refractivity contribution < 1.29 is 45.8 Å². The van der Waals surface area contributed by atoms with E-state index in [2.05, 4.69) is 0 Å². The van der Waals surface area contributed by atoms with Crippen LogP contribution >= 0.6 is 0 Å². The molecule has 202 valence electrons. The summed E-state index contributed by atoms with van der Waals surface area (Å²) in [6.45, 7) is -0.821. The summed E-state index contributed by atoms with van der Waals surface area (Å²) < 4.78 is 77.1. The van der Waals surface area contributed by atoms with Crippen LogP contribution in [0.4, 0.5) is 26.7 Å². The highest BCUT2D eigenvalue weighted by Crippen LogP contribution is 2.36. The molecule has 0 saturated heterocycles. The van der Waals surface area contributed by atoms with E-state index in [1.54, 1.807) is 24.3 Å². The molecule has 0 aromatic heterocycles. The van der Waals surface area contributed by atoms with Crippen molar-refractivity contribution in [3.05, 3.63) is 65.2 Å². The summed E-state index contributed by atoms with van der Waals surface area (Å²) in [5.74, 6) is -3.37. The van der Waals surface area contributed by atoms with Crippen LogP contribution in [0.5, 0.6) is 5.75 Å². The summed E-state index contributed by atoms with van der Waals surface area (Å²) in [6, 6.07) is 9.37. The summed E-state index contributed by atoms with van der Waals surface area (Å²) in [7, 11) is 3.74. The van der Waals surface area contributed by atoms with Crippen LogP contribution in [0.15, 0.2) is 42.5 Å². The van der Waals surface area contributed by atoms with E-state index < -0.39 is 48.3 Å². The molecule has 12 heteroatoms. The van der Waals surface area contributed by atoms with Crippen molar-refractivity contribution in [1.82, 2.24) is 9.80 Å². The lowest BCUT2D eigenvalue weighted by molar-refractivity contribution is -0.161. The Labute approximate surface area is 210 Å². The van der Waals surface area contributed by atoms with Gasteiger partial charge in [0.05, 0.1) is 12.6 Å². The molecule has 0 unspecified atom stereocenters. The van der Waals surface area contributed by atoms with Crippen molar-refractivity contribution in [1.29, 1.82) is 0 Å². The number of ether oxygens (including phenoxy) is 2. The number of methoxy groups -OCH3 is 1. The smallest absolute Gasteiger partial charge is 0.410 e. The van der Waals surface area contributed by atoms with Gasteiger partial charge in [-0.15, -0.1) is 0 Å². The molecule has 2 amide bonds. The first-order chi connectivity index (χ1) is 17.3. The highest BCUT2D eigenvalue weighted by molar-refractivity contribution is 5.77. The van der Waals surface area contributed by atoms with E-state index in [1.165, 1.54) is 14.2 Å². The predicted octanol–water partition coefficient (Wildman–Crippen LogP) is 4.83. The summed E-state index contributed by atoms with van der Waals surface area (Å²) >= 11 is 0. The molecule has 2 aromatic carbocycles. The minimum absolute atomic E-state index is 0.0448. The van der Waals surface area contributed by atoms with Gasteiger partial charge < -0.3 is 19.2 Å². The maximum Gasteiger partial charge on any atom is 0.410 e. The zero-order chi connectivity index (χ0) is 27.8. The van der Waals surface area contributed by atoms with Gasteiger partial charge in [0.1, 0.15) is 25.1 Å². The standard InChI is InChI=1S/C25H27F5N2O5/c1-31(22(34)14-25(28,29)30)16-24(11-6-12-33,18-9-10-19(26)20(27)13-18)32(2)23(35)37-15-17-7-4-5-8-21(17)36-3/h4-5,7-10,12-13H,6,11,14-16H2,1-3H3/t24-/m1/s1. The maximum atomic E-state index is 14.2. The summed E-state index contributed by atoms with van der Waals surface area (Å²) in [6.07, 6.45) is -7.50. The number of carbonyl (C=O) groups excluding carboxylic acids is 3. The average Bonchev–Trinajstić information content (AvgIpc) is 2.85. The number of aldehydes is 1. The first kappa shape index (κ1) is 29.5. The lowest BCUT2D eigenvalue weighted by atomic mass is 9.83. The Bertz CT molecular complexity index is 1110. The Kier molecular flexibility index (Phi) is 9.98. The monoisotopic (exact) mass is 530 g/mol. The van der Waals surface area contributed by atoms with E-state index in [0.29, 0.717) is 17.6 Å². The normalized spacial score (nSPS) is 12.9. The summed E-state index contributed by atoms with van der Waals surface area (Å²) in [5.41, 5.74) is -1.28. The number of alkyl halides is 3. The van der Waals surface area contributed by atoms with E-state index in [9.17, 15) is 36.3 Å². The van der Waals surface area contributed by atoms with Crippen molar-refractivity contribution in [2.75, 3.05) is 27.7 Å². The number of likely N-dealkylation sites (N-methyl/N-ethyl adjacent to an activating group) is 2. The zero-order valence-electron chi connectivity index (χ0n) is 20.5. The van der Waals surface area contributed by atoms with Crippen LogP contribution in [0.25, 0.3) is 0 Å². The number of amides is 2. The average molecular weight is 530 g/mol. The van der Waals surface area contributed by atoms with E-state index in [0.717, 1.165) is 35.0 Å². The molecule has 0 saturated carbocycles. The molecule has 0 fully saturated rings.